The number of esters is 1. The molecule has 1 aliphatic heterocycles. The van der Waals surface area contributed by atoms with Gasteiger partial charge in [0.1, 0.15) is 18.1 Å². The molecule has 136 valence electrons. The summed E-state index contributed by atoms with van der Waals surface area (Å²) >= 11 is 0. The number of aromatic nitrogens is 1. The van der Waals surface area contributed by atoms with Gasteiger partial charge in [-0.15, -0.1) is 0 Å². The molecule has 3 aromatic rings. The first kappa shape index (κ1) is 16.9. The molecule has 4 rings (SSSR count). The molecule has 0 aliphatic carbocycles. The van der Waals surface area contributed by atoms with E-state index in [0.29, 0.717) is 23.0 Å². The van der Waals surface area contributed by atoms with Gasteiger partial charge in [0.2, 0.25) is 0 Å². The number of ketones is 1. The third-order valence-corrected chi connectivity index (χ3v) is 4.83. The number of nitrogens with zero attached hydrogens (tertiary/aromatic N) is 1. The topological polar surface area (TPSA) is 88.8 Å². The molecule has 27 heavy (non-hydrogen) atoms. The van der Waals surface area contributed by atoms with Crippen LogP contribution in [0.2, 0.25) is 0 Å². The number of hydrogen-bond acceptors (Lipinski definition) is 5. The number of fused-ring (bicyclic) bond motifs is 1. The molecular weight excluding hydrogens is 346 g/mol. The van der Waals surface area contributed by atoms with Gasteiger partial charge in [-0.3, -0.25) is 4.79 Å². The van der Waals surface area contributed by atoms with Crippen LogP contribution in [0.1, 0.15) is 16.7 Å². The molecule has 1 aromatic heterocycles. The second-order valence-electron chi connectivity index (χ2n) is 6.50. The molecule has 6 nitrogen and oxygen atoms in total. The fourth-order valence-corrected chi connectivity index (χ4v) is 3.35. The normalized spacial score (nSPS) is 16.0. The van der Waals surface area contributed by atoms with Gasteiger partial charge in [-0.25, -0.2) is 4.79 Å². The van der Waals surface area contributed by atoms with Gasteiger partial charge in [0.05, 0.1) is 16.5 Å². The van der Waals surface area contributed by atoms with Crippen molar-refractivity contribution in [1.29, 1.82) is 0 Å². The molecule has 0 amide bonds. The highest BCUT2D eigenvalue weighted by molar-refractivity contribution is 6.43. The molecule has 2 heterocycles. The number of aryl methyl sites for hydroxylation is 1. The van der Waals surface area contributed by atoms with Crippen molar-refractivity contribution in [2.75, 3.05) is 6.61 Å². The summed E-state index contributed by atoms with van der Waals surface area (Å²) in [4.78, 5) is 23.3. The second-order valence-corrected chi connectivity index (χ2v) is 6.50. The summed E-state index contributed by atoms with van der Waals surface area (Å²) in [6, 6.07) is 13.0. The Kier molecular flexibility index (Phi) is 3.96. The van der Waals surface area contributed by atoms with Crippen LogP contribution in [-0.2, 0) is 20.9 Å². The van der Waals surface area contributed by atoms with Crippen LogP contribution < -0.4 is 0 Å². The zero-order chi connectivity index (χ0) is 19.1. The Morgan fingerprint density at radius 2 is 1.93 bits per heavy atom. The van der Waals surface area contributed by atoms with E-state index in [-0.39, 0.29) is 23.7 Å². The number of aliphatic hydroxyl groups is 1. The maximum absolute atomic E-state index is 11.9. The van der Waals surface area contributed by atoms with Gasteiger partial charge in [-0.2, -0.15) is 0 Å². The van der Waals surface area contributed by atoms with Crippen LogP contribution in [0, 0.1) is 6.92 Å². The molecular formula is C21H17NO5. The predicted octanol–water partition coefficient (Wildman–Crippen LogP) is 3.10. The monoisotopic (exact) mass is 363 g/mol. The lowest BCUT2D eigenvalue weighted by atomic mass is 10.1. The molecule has 2 N–H and O–H groups in total. The first-order valence-electron chi connectivity index (χ1n) is 8.46. The average Bonchev–Trinajstić information content (AvgIpc) is 3.19. The molecule has 1 aliphatic rings. The maximum Gasteiger partial charge on any atom is 0.379 e. The number of cyclic esters (lactones) is 1. The summed E-state index contributed by atoms with van der Waals surface area (Å²) in [5.74, 6) is -2.20. The summed E-state index contributed by atoms with van der Waals surface area (Å²) in [6.07, 6.45) is 1.68. The van der Waals surface area contributed by atoms with Crippen LogP contribution in [0.25, 0.3) is 16.7 Å². The van der Waals surface area contributed by atoms with Crippen molar-refractivity contribution in [1.82, 2.24) is 4.57 Å². The van der Waals surface area contributed by atoms with E-state index in [1.807, 2.05) is 41.8 Å². The number of rotatable bonds is 3. The smallest absolute Gasteiger partial charge is 0.379 e. The van der Waals surface area contributed by atoms with Gasteiger partial charge < -0.3 is 19.5 Å². The van der Waals surface area contributed by atoms with E-state index in [1.165, 1.54) is 6.07 Å². The van der Waals surface area contributed by atoms with Crippen LogP contribution in [0.3, 0.4) is 0 Å². The number of Topliss-reactive ketones (excluding diaryl/α,β-unsaturated/α-hetero) is 1. The Morgan fingerprint density at radius 1 is 1.15 bits per heavy atom. The van der Waals surface area contributed by atoms with E-state index in [2.05, 4.69) is 0 Å². The van der Waals surface area contributed by atoms with Crippen molar-refractivity contribution in [3.63, 3.8) is 0 Å². The van der Waals surface area contributed by atoms with E-state index in [9.17, 15) is 19.8 Å². The van der Waals surface area contributed by atoms with E-state index in [1.54, 1.807) is 12.3 Å². The predicted molar refractivity (Wildman–Crippen MR) is 99.4 cm³/mol. The molecule has 0 unspecified atom stereocenters. The quantitative estimate of drug-likeness (QED) is 0.323. The van der Waals surface area contributed by atoms with Gasteiger partial charge in [-0.05, 0) is 30.2 Å². The minimum Gasteiger partial charge on any atom is -0.507 e. The molecule has 1 saturated heterocycles. The number of hydrogen-bond donors (Lipinski definition) is 2. The van der Waals surface area contributed by atoms with Crippen molar-refractivity contribution in [3.8, 4) is 5.75 Å². The van der Waals surface area contributed by atoms with Crippen molar-refractivity contribution in [2.45, 2.75) is 13.5 Å². The standard InChI is InChI=1S/C21H17NO5/c1-12-5-2-3-6-13(12)9-22-10-14(18-16(22)7-4-8-17(18)23)19(24)15-11-27-21(26)20(15)25/h2-8,10,23-24H,9,11H2,1H3. The van der Waals surface area contributed by atoms with E-state index in [4.69, 9.17) is 4.74 Å². The Morgan fingerprint density at radius 3 is 2.63 bits per heavy atom. The Labute approximate surface area is 154 Å². The summed E-state index contributed by atoms with van der Waals surface area (Å²) < 4.78 is 6.60. The molecule has 0 spiro atoms. The van der Waals surface area contributed by atoms with E-state index in [0.717, 1.165) is 11.1 Å². The number of carbonyl (C=O) groups excluding carboxylic acids is 2. The fraction of sp³-hybridized carbons (Fsp3) is 0.143. The summed E-state index contributed by atoms with van der Waals surface area (Å²) in [5, 5.41) is 21.5. The highest BCUT2D eigenvalue weighted by Crippen LogP contribution is 2.35. The van der Waals surface area contributed by atoms with E-state index < -0.39 is 11.8 Å². The van der Waals surface area contributed by atoms with Crippen molar-refractivity contribution in [2.24, 2.45) is 0 Å². The summed E-state index contributed by atoms with van der Waals surface area (Å²) in [7, 11) is 0. The van der Waals surface area contributed by atoms with Crippen LogP contribution in [0.15, 0.2) is 54.2 Å². The number of ether oxygens (including phenoxy) is 1. The highest BCUT2D eigenvalue weighted by atomic mass is 16.5. The Hall–Kier alpha value is -3.54. The molecule has 0 bridgehead atoms. The van der Waals surface area contributed by atoms with Crippen molar-refractivity contribution in [3.05, 3.63) is 70.9 Å². The number of aliphatic hydroxyl groups excluding tert-OH is 1. The third kappa shape index (κ3) is 2.75. The Bertz CT molecular complexity index is 1120. The first-order valence-corrected chi connectivity index (χ1v) is 8.46. The van der Waals surface area contributed by atoms with E-state index >= 15 is 0 Å². The zero-order valence-electron chi connectivity index (χ0n) is 14.6. The zero-order valence-corrected chi connectivity index (χ0v) is 14.6. The minimum absolute atomic E-state index is 0.0177. The van der Waals surface area contributed by atoms with Gasteiger partial charge in [0.15, 0.2) is 0 Å². The lowest BCUT2D eigenvalue weighted by Crippen LogP contribution is -2.08. The van der Waals surface area contributed by atoms with Crippen LogP contribution in [-0.4, -0.2) is 33.1 Å². The number of benzene rings is 2. The van der Waals surface area contributed by atoms with Crippen LogP contribution >= 0.6 is 0 Å². The fourth-order valence-electron chi connectivity index (χ4n) is 3.35. The molecule has 1 fully saturated rings. The first-order chi connectivity index (χ1) is 13.0. The van der Waals surface area contributed by atoms with Gasteiger partial charge >= 0.3 is 5.97 Å². The van der Waals surface area contributed by atoms with Gasteiger partial charge in [0.25, 0.3) is 5.78 Å². The third-order valence-electron chi connectivity index (χ3n) is 4.83. The SMILES string of the molecule is Cc1ccccc1Cn1cc(C(O)=C2COC(=O)C2=O)c2c(O)cccc21. The Balaban J connectivity index is 1.90. The van der Waals surface area contributed by atoms with Crippen molar-refractivity contribution >= 4 is 28.4 Å². The van der Waals surface area contributed by atoms with Crippen molar-refractivity contribution < 1.29 is 24.5 Å². The lowest BCUT2D eigenvalue weighted by Gasteiger charge is -2.08. The molecule has 2 aromatic carbocycles. The summed E-state index contributed by atoms with van der Waals surface area (Å²) in [5.41, 5.74) is 3.11. The van der Waals surface area contributed by atoms with Crippen LogP contribution in [0.5, 0.6) is 5.75 Å². The summed E-state index contributed by atoms with van der Waals surface area (Å²) in [6.45, 7) is 2.26. The number of phenols is 1. The molecule has 6 heteroatoms. The number of phenolic OH excluding ortho intramolecular Hbond substituents is 1. The molecule has 0 atom stereocenters. The maximum atomic E-state index is 11.9. The molecule has 0 radical (unpaired) electrons. The minimum atomic E-state index is -0.982. The van der Waals surface area contributed by atoms with Gasteiger partial charge in [-0.1, -0.05) is 30.3 Å². The van der Waals surface area contributed by atoms with Gasteiger partial charge in [0, 0.05) is 18.3 Å². The second kappa shape index (κ2) is 6.32. The largest absolute Gasteiger partial charge is 0.507 e. The number of carbonyl (C=O) groups is 2. The van der Waals surface area contributed by atoms with Crippen LogP contribution in [0.4, 0.5) is 0 Å². The molecule has 0 saturated carbocycles. The average molecular weight is 363 g/mol. The number of aromatic hydroxyl groups is 1. The highest BCUT2D eigenvalue weighted by Gasteiger charge is 2.33. The lowest BCUT2D eigenvalue weighted by molar-refractivity contribution is -0.146.